The summed E-state index contributed by atoms with van der Waals surface area (Å²) in [5.41, 5.74) is 0.272. The summed E-state index contributed by atoms with van der Waals surface area (Å²) in [5, 5.41) is 3.06. The summed E-state index contributed by atoms with van der Waals surface area (Å²) < 4.78 is 42.5. The second kappa shape index (κ2) is 11.7. The molecule has 0 unspecified atom stereocenters. The smallest absolute Gasteiger partial charge is 0.264 e. The number of amides is 2. The Labute approximate surface area is 219 Å². The third-order valence-corrected chi connectivity index (χ3v) is 7.99. The Kier molecular flexibility index (Phi) is 8.94. The van der Waals surface area contributed by atoms with Crippen molar-refractivity contribution < 1.29 is 22.4 Å². The van der Waals surface area contributed by atoms with Crippen molar-refractivity contribution in [1.82, 2.24) is 10.2 Å². The Morgan fingerprint density at radius 2 is 1.61 bits per heavy atom. The molecule has 0 saturated carbocycles. The lowest BCUT2D eigenvalue weighted by Gasteiger charge is -2.32. The number of likely N-dealkylation sites (N-methyl/N-ethyl adjacent to an activating group) is 1. The first-order valence-electron chi connectivity index (χ1n) is 10.8. The summed E-state index contributed by atoms with van der Waals surface area (Å²) in [6.07, 6.45) is 0. The Bertz CT molecular complexity index is 1360. The summed E-state index contributed by atoms with van der Waals surface area (Å²) in [6.45, 7) is 0.690. The molecule has 36 heavy (non-hydrogen) atoms. The first-order chi connectivity index (χ1) is 17.1. The van der Waals surface area contributed by atoms with Crippen LogP contribution in [-0.4, -0.2) is 44.8 Å². The van der Waals surface area contributed by atoms with Crippen LogP contribution >= 0.6 is 23.2 Å². The molecule has 0 saturated heterocycles. The van der Waals surface area contributed by atoms with E-state index in [1.165, 1.54) is 61.3 Å². The molecule has 0 aromatic heterocycles. The topological polar surface area (TPSA) is 86.8 Å². The van der Waals surface area contributed by atoms with E-state index in [0.717, 1.165) is 6.07 Å². The summed E-state index contributed by atoms with van der Waals surface area (Å²) in [7, 11) is -2.91. The number of nitrogens with one attached hydrogen (secondary N) is 1. The average Bonchev–Trinajstić information content (AvgIpc) is 2.87. The predicted molar refractivity (Wildman–Crippen MR) is 138 cm³/mol. The van der Waals surface area contributed by atoms with Gasteiger partial charge in [-0.3, -0.25) is 13.9 Å². The van der Waals surface area contributed by atoms with Crippen LogP contribution < -0.4 is 9.62 Å². The minimum Gasteiger partial charge on any atom is -0.357 e. The predicted octanol–water partition coefficient (Wildman–Crippen LogP) is 4.49. The fourth-order valence-electron chi connectivity index (χ4n) is 3.51. The number of para-hydroxylation sites is 1. The highest BCUT2D eigenvalue weighted by molar-refractivity contribution is 7.92. The number of sulfonamides is 1. The molecule has 0 aliphatic rings. The molecule has 1 atom stereocenters. The van der Waals surface area contributed by atoms with E-state index in [-0.39, 0.29) is 22.2 Å². The van der Waals surface area contributed by atoms with E-state index in [1.54, 1.807) is 24.3 Å². The number of hydrogen-bond donors (Lipinski definition) is 1. The summed E-state index contributed by atoms with van der Waals surface area (Å²) in [6, 6.07) is 16.4. The highest BCUT2D eigenvalue weighted by atomic mass is 35.5. The van der Waals surface area contributed by atoms with E-state index >= 15 is 0 Å². The SMILES string of the molecule is CNC(=O)[C@H](C)N(Cc1ccc(Cl)c(Cl)c1)C(=O)CN(c1ccccc1F)S(=O)(=O)c1ccccc1. The molecule has 1 N–H and O–H groups in total. The van der Waals surface area contributed by atoms with Gasteiger partial charge in [0.2, 0.25) is 11.8 Å². The summed E-state index contributed by atoms with van der Waals surface area (Å²) in [5.74, 6) is -2.01. The van der Waals surface area contributed by atoms with Crippen molar-refractivity contribution in [2.75, 3.05) is 17.9 Å². The average molecular weight is 552 g/mol. The van der Waals surface area contributed by atoms with Gasteiger partial charge in [-0.2, -0.15) is 0 Å². The molecule has 0 aliphatic heterocycles. The maximum absolute atomic E-state index is 14.8. The van der Waals surface area contributed by atoms with E-state index < -0.39 is 40.2 Å². The molecular weight excluding hydrogens is 528 g/mol. The van der Waals surface area contributed by atoms with Crippen molar-refractivity contribution in [2.45, 2.75) is 24.4 Å². The van der Waals surface area contributed by atoms with Crippen molar-refractivity contribution in [1.29, 1.82) is 0 Å². The van der Waals surface area contributed by atoms with Crippen LogP contribution in [0.4, 0.5) is 10.1 Å². The molecule has 3 aromatic rings. The molecule has 2 amide bonds. The van der Waals surface area contributed by atoms with Crippen LogP contribution in [0.3, 0.4) is 0 Å². The maximum atomic E-state index is 14.8. The number of anilines is 1. The molecule has 7 nitrogen and oxygen atoms in total. The Morgan fingerprint density at radius 3 is 2.22 bits per heavy atom. The number of benzene rings is 3. The Hall–Kier alpha value is -3.14. The van der Waals surface area contributed by atoms with Gasteiger partial charge in [-0.1, -0.05) is 59.6 Å². The lowest BCUT2D eigenvalue weighted by atomic mass is 10.1. The molecule has 3 aromatic carbocycles. The van der Waals surface area contributed by atoms with Gasteiger partial charge in [0.15, 0.2) is 0 Å². The van der Waals surface area contributed by atoms with Gasteiger partial charge in [-0.05, 0) is 48.9 Å². The first kappa shape index (κ1) is 27.4. The number of carbonyl (C=O) groups is 2. The van der Waals surface area contributed by atoms with E-state index in [1.807, 2.05) is 0 Å². The van der Waals surface area contributed by atoms with Crippen LogP contribution in [0.15, 0.2) is 77.7 Å². The van der Waals surface area contributed by atoms with Crippen LogP contribution in [0.2, 0.25) is 10.0 Å². The lowest BCUT2D eigenvalue weighted by Crippen LogP contribution is -2.50. The van der Waals surface area contributed by atoms with Gasteiger partial charge in [0.1, 0.15) is 18.4 Å². The lowest BCUT2D eigenvalue weighted by molar-refractivity contribution is -0.139. The standard InChI is InChI=1S/C25H24Cl2FN3O4S/c1-17(25(33)29-2)30(15-18-12-13-20(26)21(27)14-18)24(32)16-31(23-11-7-6-10-22(23)28)36(34,35)19-8-4-3-5-9-19/h3-14,17H,15-16H2,1-2H3,(H,29,33)/t17-/m0/s1. The van der Waals surface area contributed by atoms with Crippen LogP contribution in [0.5, 0.6) is 0 Å². The van der Waals surface area contributed by atoms with E-state index in [9.17, 15) is 22.4 Å². The maximum Gasteiger partial charge on any atom is 0.264 e. The van der Waals surface area contributed by atoms with E-state index in [4.69, 9.17) is 23.2 Å². The number of nitrogens with zero attached hydrogens (tertiary/aromatic N) is 2. The van der Waals surface area contributed by atoms with Crippen molar-refractivity contribution in [3.05, 3.63) is 94.2 Å². The quantitative estimate of drug-likeness (QED) is 0.424. The fraction of sp³-hybridized carbons (Fsp3) is 0.200. The molecule has 0 fully saturated rings. The van der Waals surface area contributed by atoms with Crippen LogP contribution in [0.25, 0.3) is 0 Å². The molecule has 190 valence electrons. The van der Waals surface area contributed by atoms with E-state index in [0.29, 0.717) is 14.9 Å². The molecule has 11 heteroatoms. The van der Waals surface area contributed by atoms with Crippen LogP contribution in [0.1, 0.15) is 12.5 Å². The second-order valence-corrected chi connectivity index (χ2v) is 10.5. The van der Waals surface area contributed by atoms with Crippen molar-refractivity contribution in [3.63, 3.8) is 0 Å². The van der Waals surface area contributed by atoms with Crippen LogP contribution in [-0.2, 0) is 26.2 Å². The van der Waals surface area contributed by atoms with E-state index in [2.05, 4.69) is 5.32 Å². The van der Waals surface area contributed by atoms with Crippen molar-refractivity contribution >= 4 is 50.7 Å². The van der Waals surface area contributed by atoms with Gasteiger partial charge in [0.25, 0.3) is 10.0 Å². The highest BCUT2D eigenvalue weighted by Gasteiger charge is 2.33. The molecule has 0 heterocycles. The molecular formula is C25H24Cl2FN3O4S. The van der Waals surface area contributed by atoms with Gasteiger partial charge in [-0.25, -0.2) is 12.8 Å². The summed E-state index contributed by atoms with van der Waals surface area (Å²) in [4.78, 5) is 27.1. The molecule has 0 aliphatic carbocycles. The Balaban J connectivity index is 2.04. The number of carbonyl (C=O) groups excluding carboxylic acids is 2. The number of hydrogen-bond acceptors (Lipinski definition) is 4. The molecule has 3 rings (SSSR count). The Morgan fingerprint density at radius 1 is 0.972 bits per heavy atom. The second-order valence-electron chi connectivity index (χ2n) is 7.84. The minimum atomic E-state index is -4.34. The van der Waals surface area contributed by atoms with Gasteiger partial charge >= 0.3 is 0 Å². The third kappa shape index (κ3) is 6.16. The minimum absolute atomic E-state index is 0.0686. The monoisotopic (exact) mass is 551 g/mol. The van der Waals surface area contributed by atoms with Gasteiger partial charge in [0, 0.05) is 13.6 Å². The highest BCUT2D eigenvalue weighted by Crippen LogP contribution is 2.27. The zero-order valence-electron chi connectivity index (χ0n) is 19.5. The van der Waals surface area contributed by atoms with Gasteiger partial charge < -0.3 is 10.2 Å². The molecule has 0 radical (unpaired) electrons. The van der Waals surface area contributed by atoms with Gasteiger partial charge in [-0.15, -0.1) is 0 Å². The third-order valence-electron chi connectivity index (χ3n) is 5.48. The number of halogens is 3. The largest absolute Gasteiger partial charge is 0.357 e. The normalized spacial score (nSPS) is 12.0. The van der Waals surface area contributed by atoms with Crippen molar-refractivity contribution in [3.8, 4) is 0 Å². The van der Waals surface area contributed by atoms with Gasteiger partial charge in [0.05, 0.1) is 20.6 Å². The molecule has 0 bridgehead atoms. The van der Waals surface area contributed by atoms with Crippen LogP contribution in [0, 0.1) is 5.82 Å². The fourth-order valence-corrected chi connectivity index (χ4v) is 5.28. The first-order valence-corrected chi connectivity index (χ1v) is 13.0. The zero-order valence-corrected chi connectivity index (χ0v) is 21.8. The molecule has 0 spiro atoms. The zero-order chi connectivity index (χ0) is 26.5. The van der Waals surface area contributed by atoms with Crippen molar-refractivity contribution in [2.24, 2.45) is 0 Å². The number of rotatable bonds is 9. The summed E-state index contributed by atoms with van der Waals surface area (Å²) >= 11 is 12.1.